The van der Waals surface area contributed by atoms with E-state index >= 15 is 0 Å². The molecule has 3 rings (SSSR count). The average Bonchev–Trinajstić information content (AvgIpc) is 2.87. The fraction of sp³-hybridized carbons (Fsp3) is 0.400. The summed E-state index contributed by atoms with van der Waals surface area (Å²) < 4.78 is 0. The molecule has 34 heavy (non-hydrogen) atoms. The molecule has 2 atom stereocenters. The second kappa shape index (κ2) is 12.9. The highest BCUT2D eigenvalue weighted by Crippen LogP contribution is 2.36. The van der Waals surface area contributed by atoms with E-state index in [9.17, 15) is 0 Å². The minimum Gasteiger partial charge on any atom is -0.385 e. The van der Waals surface area contributed by atoms with Crippen molar-refractivity contribution in [2.45, 2.75) is 72.4 Å². The van der Waals surface area contributed by atoms with Crippen molar-refractivity contribution >= 4 is 34.1 Å². The number of unbranched alkanes of at least 4 members (excludes halogenated alkanes) is 1. The van der Waals surface area contributed by atoms with E-state index in [0.717, 1.165) is 47.8 Å². The third kappa shape index (κ3) is 7.18. The number of nitrogens with one attached hydrogen (secondary N) is 3. The van der Waals surface area contributed by atoms with Gasteiger partial charge in [0.05, 0.1) is 0 Å². The van der Waals surface area contributed by atoms with E-state index in [1.54, 1.807) is 0 Å². The van der Waals surface area contributed by atoms with Crippen molar-refractivity contribution in [3.63, 3.8) is 0 Å². The molecule has 4 heteroatoms. The van der Waals surface area contributed by atoms with Crippen LogP contribution in [0.15, 0.2) is 72.8 Å². The maximum Gasteiger partial charge on any atom is 0.0463 e. The Labute approximate surface area is 206 Å². The minimum atomic E-state index is 0.459. The molecule has 0 aliphatic heterocycles. The van der Waals surface area contributed by atoms with Crippen molar-refractivity contribution in [2.75, 3.05) is 27.4 Å². The van der Waals surface area contributed by atoms with Gasteiger partial charge < -0.3 is 20.9 Å². The van der Waals surface area contributed by atoms with Gasteiger partial charge in [-0.2, -0.15) is 0 Å². The maximum absolute atomic E-state index is 3.57. The molecule has 0 aliphatic carbocycles. The molecule has 0 saturated heterocycles. The monoisotopic (exact) mass is 458 g/mol. The topological polar surface area (TPSA) is 39.3 Å². The van der Waals surface area contributed by atoms with Crippen molar-refractivity contribution in [3.8, 4) is 0 Å². The summed E-state index contributed by atoms with van der Waals surface area (Å²) in [6.07, 6.45) is 4.58. The van der Waals surface area contributed by atoms with E-state index < -0.39 is 0 Å². The van der Waals surface area contributed by atoms with Crippen LogP contribution in [0.5, 0.6) is 0 Å². The van der Waals surface area contributed by atoms with E-state index in [1.165, 1.54) is 18.5 Å². The average molecular weight is 459 g/mol. The number of hydrogen-bond acceptors (Lipinski definition) is 4. The molecule has 0 bridgehead atoms. The Kier molecular flexibility index (Phi) is 9.69. The first-order valence-electron chi connectivity index (χ1n) is 12.9. The molecule has 3 aromatic rings. The van der Waals surface area contributed by atoms with Crippen LogP contribution in [0.4, 0.5) is 34.1 Å². The molecule has 3 aromatic carbocycles. The number of nitrogens with zero attached hydrogens (tertiary/aromatic N) is 1. The predicted molar refractivity (Wildman–Crippen MR) is 151 cm³/mol. The highest BCUT2D eigenvalue weighted by atomic mass is 15.1. The Morgan fingerprint density at radius 2 is 0.971 bits per heavy atom. The van der Waals surface area contributed by atoms with Gasteiger partial charge in [-0.1, -0.05) is 27.2 Å². The quantitative estimate of drug-likeness (QED) is 0.224. The molecule has 182 valence electrons. The molecule has 3 N–H and O–H groups in total. The smallest absolute Gasteiger partial charge is 0.0463 e. The second-order valence-corrected chi connectivity index (χ2v) is 9.16. The Hall–Kier alpha value is -3.14. The highest BCUT2D eigenvalue weighted by molar-refractivity contribution is 5.78. The van der Waals surface area contributed by atoms with Gasteiger partial charge in [0.1, 0.15) is 0 Å². The lowest BCUT2D eigenvalue weighted by Crippen LogP contribution is -2.14. The van der Waals surface area contributed by atoms with Crippen molar-refractivity contribution in [3.05, 3.63) is 72.8 Å². The number of anilines is 6. The summed E-state index contributed by atoms with van der Waals surface area (Å²) >= 11 is 0. The molecule has 0 heterocycles. The van der Waals surface area contributed by atoms with Crippen molar-refractivity contribution < 1.29 is 0 Å². The van der Waals surface area contributed by atoms with Gasteiger partial charge in [0.2, 0.25) is 0 Å². The first-order chi connectivity index (χ1) is 16.5. The summed E-state index contributed by atoms with van der Waals surface area (Å²) in [7, 11) is 0. The zero-order valence-corrected chi connectivity index (χ0v) is 21.6. The van der Waals surface area contributed by atoms with Gasteiger partial charge in [-0.3, -0.25) is 0 Å². The van der Waals surface area contributed by atoms with Crippen LogP contribution in [0, 0.1) is 0 Å². The van der Waals surface area contributed by atoms with Gasteiger partial charge in [-0.05, 0) is 106 Å². The lowest BCUT2D eigenvalue weighted by Gasteiger charge is -2.26. The summed E-state index contributed by atoms with van der Waals surface area (Å²) in [6, 6.07) is 27.2. The fourth-order valence-electron chi connectivity index (χ4n) is 3.77. The van der Waals surface area contributed by atoms with Crippen LogP contribution in [0.3, 0.4) is 0 Å². The fourth-order valence-corrected chi connectivity index (χ4v) is 3.77. The summed E-state index contributed by atoms with van der Waals surface area (Å²) in [6.45, 7) is 12.1. The maximum atomic E-state index is 3.57. The van der Waals surface area contributed by atoms with Crippen molar-refractivity contribution in [1.82, 2.24) is 0 Å². The summed E-state index contributed by atoms with van der Waals surface area (Å²) in [5.74, 6) is 0. The SMILES string of the molecule is CCCCNc1ccc(N(c2ccc(NC(C)CC)cc2)c2ccc(NC(C)CC)cc2)cc1. The van der Waals surface area contributed by atoms with Crippen LogP contribution in [0.25, 0.3) is 0 Å². The zero-order chi connectivity index (χ0) is 24.3. The Morgan fingerprint density at radius 3 is 1.32 bits per heavy atom. The standard InChI is InChI=1S/C30H42N4/c1-6-9-22-31-25-10-16-28(17-11-25)34(29-18-12-26(13-19-29)32-23(4)7-2)30-20-14-27(15-21-30)33-24(5)8-3/h10-21,23-24,31-33H,6-9,22H2,1-5H3. The van der Waals surface area contributed by atoms with Crippen LogP contribution < -0.4 is 20.9 Å². The molecular weight excluding hydrogens is 416 g/mol. The van der Waals surface area contributed by atoms with E-state index in [-0.39, 0.29) is 0 Å². The molecule has 2 unspecified atom stereocenters. The number of benzene rings is 3. The molecule has 0 amide bonds. The lowest BCUT2D eigenvalue weighted by atomic mass is 10.1. The first kappa shape index (κ1) is 25.5. The third-order valence-electron chi connectivity index (χ3n) is 6.29. The third-order valence-corrected chi connectivity index (χ3v) is 6.29. The summed E-state index contributed by atoms with van der Waals surface area (Å²) in [5.41, 5.74) is 6.90. The van der Waals surface area contributed by atoms with E-state index in [2.05, 4.69) is 128 Å². The Bertz CT molecular complexity index is 909. The van der Waals surface area contributed by atoms with Crippen LogP contribution in [-0.4, -0.2) is 18.6 Å². The molecule has 0 saturated carbocycles. The van der Waals surface area contributed by atoms with E-state index in [0.29, 0.717) is 12.1 Å². The second-order valence-electron chi connectivity index (χ2n) is 9.16. The molecule has 0 spiro atoms. The largest absolute Gasteiger partial charge is 0.385 e. The lowest BCUT2D eigenvalue weighted by molar-refractivity contribution is 0.764. The van der Waals surface area contributed by atoms with Gasteiger partial charge >= 0.3 is 0 Å². The minimum absolute atomic E-state index is 0.459. The van der Waals surface area contributed by atoms with Gasteiger partial charge in [-0.25, -0.2) is 0 Å². The molecular formula is C30H42N4. The van der Waals surface area contributed by atoms with Crippen LogP contribution in [0.1, 0.15) is 60.3 Å². The Morgan fingerprint density at radius 1 is 0.588 bits per heavy atom. The number of rotatable bonds is 13. The molecule has 0 fully saturated rings. The molecule has 0 aromatic heterocycles. The van der Waals surface area contributed by atoms with Crippen LogP contribution in [0.2, 0.25) is 0 Å². The van der Waals surface area contributed by atoms with E-state index in [1.807, 2.05) is 0 Å². The molecule has 4 nitrogen and oxygen atoms in total. The highest BCUT2D eigenvalue weighted by Gasteiger charge is 2.13. The Balaban J connectivity index is 1.89. The summed E-state index contributed by atoms with van der Waals surface area (Å²) in [4.78, 5) is 2.32. The van der Waals surface area contributed by atoms with Gasteiger partial charge in [0, 0.05) is 52.8 Å². The predicted octanol–water partition coefficient (Wildman–Crippen LogP) is 8.79. The van der Waals surface area contributed by atoms with Gasteiger partial charge in [-0.15, -0.1) is 0 Å². The van der Waals surface area contributed by atoms with E-state index in [4.69, 9.17) is 0 Å². The van der Waals surface area contributed by atoms with Crippen molar-refractivity contribution in [2.24, 2.45) is 0 Å². The van der Waals surface area contributed by atoms with Crippen LogP contribution >= 0.6 is 0 Å². The molecule has 0 radical (unpaired) electrons. The first-order valence-corrected chi connectivity index (χ1v) is 12.9. The van der Waals surface area contributed by atoms with Gasteiger partial charge in [0.25, 0.3) is 0 Å². The molecule has 0 aliphatic rings. The summed E-state index contributed by atoms with van der Waals surface area (Å²) in [5, 5.41) is 10.6. The zero-order valence-electron chi connectivity index (χ0n) is 21.6. The van der Waals surface area contributed by atoms with Crippen molar-refractivity contribution in [1.29, 1.82) is 0 Å². The van der Waals surface area contributed by atoms with Gasteiger partial charge in [0.15, 0.2) is 0 Å². The van der Waals surface area contributed by atoms with Crippen LogP contribution in [-0.2, 0) is 0 Å². The normalized spacial score (nSPS) is 12.6. The number of hydrogen-bond donors (Lipinski definition) is 3.